The lowest BCUT2D eigenvalue weighted by Gasteiger charge is -2.28. The van der Waals surface area contributed by atoms with Crippen LogP contribution in [0.3, 0.4) is 0 Å². The zero-order valence-corrected chi connectivity index (χ0v) is 8.35. The Balaban J connectivity index is 2.40. The predicted molar refractivity (Wildman–Crippen MR) is 53.0 cm³/mol. The molecule has 10 heteroatoms. The van der Waals surface area contributed by atoms with Crippen molar-refractivity contribution in [2.45, 2.75) is 5.72 Å². The number of tetrazole rings is 1. The molecule has 0 fully saturated rings. The van der Waals surface area contributed by atoms with Crippen LogP contribution in [0, 0.1) is 15.5 Å². The topological polar surface area (TPSA) is 146 Å². The Labute approximate surface area is 94.0 Å². The molecule has 17 heavy (non-hydrogen) atoms. The van der Waals surface area contributed by atoms with Gasteiger partial charge in [0.25, 0.3) is 5.72 Å². The van der Waals surface area contributed by atoms with Crippen molar-refractivity contribution in [1.29, 1.82) is 5.41 Å². The highest BCUT2D eigenvalue weighted by atomic mass is 16.6. The number of nitrogens with zero attached hydrogens (tertiary/aromatic N) is 5. The molecule has 2 rings (SSSR count). The van der Waals surface area contributed by atoms with E-state index in [0.717, 1.165) is 10.9 Å². The Morgan fingerprint density at radius 2 is 2.47 bits per heavy atom. The summed E-state index contributed by atoms with van der Waals surface area (Å²) in [7, 11) is 0. The summed E-state index contributed by atoms with van der Waals surface area (Å²) < 4.78 is 6.21. The third-order valence-electron chi connectivity index (χ3n) is 2.13. The van der Waals surface area contributed by atoms with Gasteiger partial charge in [0.2, 0.25) is 0 Å². The van der Waals surface area contributed by atoms with Crippen molar-refractivity contribution in [3.8, 4) is 0 Å². The quantitative estimate of drug-likeness (QED) is 0.295. The molecule has 3 N–H and O–H groups in total. The van der Waals surface area contributed by atoms with Gasteiger partial charge in [0.05, 0.1) is 4.92 Å². The number of ether oxygens (including phenoxy) is 1. The summed E-state index contributed by atoms with van der Waals surface area (Å²) in [4.78, 5) is 9.87. The van der Waals surface area contributed by atoms with E-state index in [1.807, 2.05) is 0 Å². The van der Waals surface area contributed by atoms with Crippen LogP contribution in [0.15, 0.2) is 30.4 Å². The molecule has 0 radical (unpaired) electrons. The lowest BCUT2D eigenvalue weighted by molar-refractivity contribution is -0.422. The van der Waals surface area contributed by atoms with Crippen molar-refractivity contribution in [2.75, 3.05) is 0 Å². The molecule has 88 valence electrons. The summed E-state index contributed by atoms with van der Waals surface area (Å²) in [6.07, 6.45) is 4.50. The highest BCUT2D eigenvalue weighted by Gasteiger charge is 2.39. The van der Waals surface area contributed by atoms with Crippen molar-refractivity contribution in [2.24, 2.45) is 5.73 Å². The van der Waals surface area contributed by atoms with Crippen molar-refractivity contribution in [3.05, 3.63) is 40.6 Å². The summed E-state index contributed by atoms with van der Waals surface area (Å²) in [6, 6.07) is 0. The Morgan fingerprint density at radius 3 is 2.88 bits per heavy atom. The Hall–Kier alpha value is -2.78. The molecule has 0 saturated heterocycles. The summed E-state index contributed by atoms with van der Waals surface area (Å²) >= 11 is 0. The SMILES string of the molecule is N=C(N)C1(n2cnnn2)C=CC([N+](=O)[O-])=CO1. The second-order valence-corrected chi connectivity index (χ2v) is 3.12. The van der Waals surface area contributed by atoms with E-state index < -0.39 is 16.5 Å². The molecule has 1 unspecified atom stereocenters. The minimum absolute atomic E-state index is 0.255. The van der Waals surface area contributed by atoms with E-state index in [1.54, 1.807) is 0 Å². The standard InChI is InChI=1S/C7H7N7O3/c8-6(9)7(13-4-10-11-12-13)2-1-5(3-17-7)14(15)16/h1-4H,(H3,8,9). The number of nitrogens with one attached hydrogen (secondary N) is 1. The van der Waals surface area contributed by atoms with Crippen molar-refractivity contribution in [1.82, 2.24) is 20.2 Å². The minimum Gasteiger partial charge on any atom is -0.455 e. The van der Waals surface area contributed by atoms with Crippen LogP contribution in [-0.4, -0.2) is 31.0 Å². The van der Waals surface area contributed by atoms with E-state index in [0.29, 0.717) is 0 Å². The molecule has 0 saturated carbocycles. The van der Waals surface area contributed by atoms with Crippen LogP contribution in [0.2, 0.25) is 0 Å². The maximum atomic E-state index is 10.5. The van der Waals surface area contributed by atoms with Gasteiger partial charge in [-0.1, -0.05) is 0 Å². The van der Waals surface area contributed by atoms with Crippen LogP contribution in [-0.2, 0) is 10.5 Å². The average molecular weight is 237 g/mol. The second-order valence-electron chi connectivity index (χ2n) is 3.12. The van der Waals surface area contributed by atoms with Crippen LogP contribution in [0.5, 0.6) is 0 Å². The fraction of sp³-hybridized carbons (Fsp3) is 0.143. The normalized spacial score (nSPS) is 22.7. The summed E-state index contributed by atoms with van der Waals surface area (Å²) in [5.74, 6) is -0.403. The van der Waals surface area contributed by atoms with Crippen LogP contribution in [0.4, 0.5) is 0 Å². The number of aromatic nitrogens is 4. The molecule has 1 aromatic rings. The van der Waals surface area contributed by atoms with E-state index in [2.05, 4.69) is 15.5 Å². The maximum absolute atomic E-state index is 10.5. The van der Waals surface area contributed by atoms with Gasteiger partial charge >= 0.3 is 5.70 Å². The molecular weight excluding hydrogens is 230 g/mol. The Morgan fingerprint density at radius 1 is 1.71 bits per heavy atom. The van der Waals surface area contributed by atoms with E-state index in [4.69, 9.17) is 15.9 Å². The summed E-state index contributed by atoms with van der Waals surface area (Å²) in [5.41, 5.74) is 3.60. The van der Waals surface area contributed by atoms with Gasteiger partial charge in [-0.3, -0.25) is 15.5 Å². The fourth-order valence-electron chi connectivity index (χ4n) is 1.25. The first-order valence-corrected chi connectivity index (χ1v) is 4.36. The van der Waals surface area contributed by atoms with Gasteiger partial charge in [-0.25, -0.2) is 0 Å². The highest BCUT2D eigenvalue weighted by molar-refractivity contribution is 5.86. The molecule has 1 atom stereocenters. The monoisotopic (exact) mass is 237 g/mol. The molecule has 2 heterocycles. The van der Waals surface area contributed by atoms with Crippen molar-refractivity contribution >= 4 is 5.84 Å². The fourth-order valence-corrected chi connectivity index (χ4v) is 1.25. The predicted octanol–water partition coefficient (Wildman–Crippen LogP) is -1.03. The molecule has 0 bridgehead atoms. The summed E-state index contributed by atoms with van der Waals surface area (Å²) in [5, 5.41) is 28.3. The van der Waals surface area contributed by atoms with Gasteiger partial charge in [-0.2, -0.15) is 4.68 Å². The minimum atomic E-state index is -1.55. The lowest BCUT2D eigenvalue weighted by atomic mass is 10.1. The van der Waals surface area contributed by atoms with Gasteiger partial charge in [-0.05, 0) is 16.5 Å². The molecule has 0 spiro atoms. The van der Waals surface area contributed by atoms with Crippen molar-refractivity contribution in [3.63, 3.8) is 0 Å². The first-order valence-electron chi connectivity index (χ1n) is 4.36. The van der Waals surface area contributed by atoms with E-state index >= 15 is 0 Å². The molecule has 10 nitrogen and oxygen atoms in total. The molecular formula is C7H7N7O3. The van der Waals surface area contributed by atoms with E-state index in [9.17, 15) is 10.1 Å². The first-order chi connectivity index (χ1) is 8.06. The number of amidine groups is 1. The summed E-state index contributed by atoms with van der Waals surface area (Å²) in [6.45, 7) is 0. The third-order valence-corrected chi connectivity index (χ3v) is 2.13. The van der Waals surface area contributed by atoms with Gasteiger partial charge in [0.15, 0.2) is 12.1 Å². The molecule has 1 aliphatic heterocycles. The largest absolute Gasteiger partial charge is 0.455 e. The van der Waals surface area contributed by atoms with E-state index in [-0.39, 0.29) is 5.70 Å². The zero-order chi connectivity index (χ0) is 12.5. The maximum Gasteiger partial charge on any atom is 0.303 e. The lowest BCUT2D eigenvalue weighted by Crippen LogP contribution is -2.47. The van der Waals surface area contributed by atoms with Crippen LogP contribution in [0.1, 0.15) is 0 Å². The van der Waals surface area contributed by atoms with Gasteiger partial charge in [0, 0.05) is 6.08 Å². The molecule has 0 amide bonds. The smallest absolute Gasteiger partial charge is 0.303 e. The van der Waals surface area contributed by atoms with Gasteiger partial charge < -0.3 is 10.5 Å². The van der Waals surface area contributed by atoms with Gasteiger partial charge in [-0.15, -0.1) is 5.10 Å². The Bertz CT molecular complexity index is 520. The third kappa shape index (κ3) is 1.60. The molecule has 1 aromatic heterocycles. The number of hydrogen-bond acceptors (Lipinski definition) is 7. The van der Waals surface area contributed by atoms with E-state index in [1.165, 1.54) is 18.5 Å². The molecule has 0 aliphatic carbocycles. The number of hydrogen-bond donors (Lipinski definition) is 2. The first kappa shape index (κ1) is 10.7. The number of allylic oxidation sites excluding steroid dienone is 1. The van der Waals surface area contributed by atoms with Crippen LogP contribution < -0.4 is 5.73 Å². The number of nitro groups is 1. The van der Waals surface area contributed by atoms with Crippen LogP contribution in [0.25, 0.3) is 0 Å². The molecule has 1 aliphatic rings. The Kier molecular flexibility index (Phi) is 2.31. The zero-order valence-electron chi connectivity index (χ0n) is 8.35. The number of rotatable bonds is 3. The average Bonchev–Trinajstić information content (AvgIpc) is 2.82. The number of nitrogens with two attached hydrogens (primary N) is 1. The van der Waals surface area contributed by atoms with Crippen molar-refractivity contribution < 1.29 is 9.66 Å². The second kappa shape index (κ2) is 3.66. The molecule has 0 aromatic carbocycles. The van der Waals surface area contributed by atoms with Gasteiger partial charge in [0.1, 0.15) is 6.33 Å². The van der Waals surface area contributed by atoms with Crippen LogP contribution >= 0.6 is 0 Å². The highest BCUT2D eigenvalue weighted by Crippen LogP contribution is 2.24.